The van der Waals surface area contributed by atoms with Crippen molar-refractivity contribution < 1.29 is 14.1 Å². The van der Waals surface area contributed by atoms with Gasteiger partial charge in [-0.1, -0.05) is 0 Å². The van der Waals surface area contributed by atoms with Crippen LogP contribution in [0.3, 0.4) is 0 Å². The summed E-state index contributed by atoms with van der Waals surface area (Å²) in [6, 6.07) is 0. The lowest BCUT2D eigenvalue weighted by Gasteiger charge is -2.15. The smallest absolute Gasteiger partial charge is 0.373 e. The molecule has 0 radical (unpaired) electrons. The van der Waals surface area contributed by atoms with Gasteiger partial charge in [0.2, 0.25) is 5.82 Å². The summed E-state index contributed by atoms with van der Waals surface area (Å²) in [4.78, 5) is 18.3. The van der Waals surface area contributed by atoms with Gasteiger partial charge in [0.05, 0.1) is 16.2 Å². The zero-order chi connectivity index (χ0) is 11.2. The molecule has 6 heteroatoms. The zero-order valence-corrected chi connectivity index (χ0v) is 9.17. The maximum Gasteiger partial charge on any atom is 0.373 e. The Labute approximate surface area is 89.0 Å². The standard InChI is InChI=1S/C9H10N2O3S/c1-9(2)6-5(4-15(9)14)3-10-7(11-6)8(12)13/h3H,4H2,1-2H3,(H,12,13). The summed E-state index contributed by atoms with van der Waals surface area (Å²) in [5.41, 5.74) is 1.37. The molecule has 1 aromatic rings. The van der Waals surface area contributed by atoms with Gasteiger partial charge >= 0.3 is 5.97 Å². The van der Waals surface area contributed by atoms with Crippen molar-refractivity contribution in [1.29, 1.82) is 0 Å². The molecule has 0 spiro atoms. The fraction of sp³-hybridized carbons (Fsp3) is 0.444. The van der Waals surface area contributed by atoms with Crippen molar-refractivity contribution in [1.82, 2.24) is 9.97 Å². The normalized spacial score (nSPS) is 22.4. The predicted octanol–water partition coefficient (Wildman–Crippen LogP) is 0.672. The maximum absolute atomic E-state index is 11.7. The Balaban J connectivity index is 2.59. The molecule has 0 fully saturated rings. The molecule has 0 saturated heterocycles. The second-order valence-electron chi connectivity index (χ2n) is 3.87. The second-order valence-corrected chi connectivity index (χ2v) is 5.87. The third kappa shape index (κ3) is 1.45. The number of carbonyl (C=O) groups is 1. The van der Waals surface area contributed by atoms with Crippen molar-refractivity contribution in [3.8, 4) is 0 Å². The number of aromatic nitrogens is 2. The van der Waals surface area contributed by atoms with Gasteiger partial charge in [-0.2, -0.15) is 0 Å². The van der Waals surface area contributed by atoms with Crippen LogP contribution in [0.15, 0.2) is 6.20 Å². The Morgan fingerprint density at radius 2 is 2.27 bits per heavy atom. The topological polar surface area (TPSA) is 80.2 Å². The van der Waals surface area contributed by atoms with Gasteiger partial charge in [0.1, 0.15) is 0 Å². The van der Waals surface area contributed by atoms with E-state index in [2.05, 4.69) is 9.97 Å². The predicted molar refractivity (Wildman–Crippen MR) is 53.9 cm³/mol. The minimum absolute atomic E-state index is 0.235. The summed E-state index contributed by atoms with van der Waals surface area (Å²) in [6.07, 6.45) is 1.46. The highest BCUT2D eigenvalue weighted by molar-refractivity contribution is 7.85. The summed E-state index contributed by atoms with van der Waals surface area (Å²) >= 11 is 0. The minimum Gasteiger partial charge on any atom is -0.475 e. The van der Waals surface area contributed by atoms with Crippen molar-refractivity contribution >= 4 is 16.8 Å². The number of carboxylic acids is 1. The second kappa shape index (κ2) is 3.10. The van der Waals surface area contributed by atoms with Gasteiger partial charge in [-0.3, -0.25) is 4.21 Å². The zero-order valence-electron chi connectivity index (χ0n) is 8.35. The molecule has 1 unspecified atom stereocenters. The lowest BCUT2D eigenvalue weighted by atomic mass is 10.1. The molecule has 15 heavy (non-hydrogen) atoms. The van der Waals surface area contributed by atoms with Gasteiger partial charge in [0.15, 0.2) is 0 Å². The number of rotatable bonds is 1. The summed E-state index contributed by atoms with van der Waals surface area (Å²) in [7, 11) is -1.05. The Morgan fingerprint density at radius 3 is 2.87 bits per heavy atom. The third-order valence-corrected chi connectivity index (χ3v) is 4.39. The molecule has 80 valence electrons. The first-order valence-electron chi connectivity index (χ1n) is 4.41. The van der Waals surface area contributed by atoms with Gasteiger partial charge < -0.3 is 5.11 Å². The number of nitrogens with zero attached hydrogens (tertiary/aromatic N) is 2. The van der Waals surface area contributed by atoms with E-state index in [0.29, 0.717) is 11.4 Å². The SMILES string of the molecule is CC1(C)c2nc(C(=O)O)ncc2CS1=O. The van der Waals surface area contributed by atoms with E-state index in [9.17, 15) is 9.00 Å². The highest BCUT2D eigenvalue weighted by atomic mass is 32.2. The fourth-order valence-corrected chi connectivity index (χ4v) is 2.81. The van der Waals surface area contributed by atoms with E-state index in [1.54, 1.807) is 13.8 Å². The third-order valence-electron chi connectivity index (χ3n) is 2.48. The molecule has 5 nitrogen and oxygen atoms in total. The highest BCUT2D eigenvalue weighted by Gasteiger charge is 2.39. The molecular weight excluding hydrogens is 216 g/mol. The van der Waals surface area contributed by atoms with E-state index < -0.39 is 21.5 Å². The van der Waals surface area contributed by atoms with Gasteiger partial charge in [-0.05, 0) is 13.8 Å². The Kier molecular flexibility index (Phi) is 2.11. The van der Waals surface area contributed by atoms with Crippen LogP contribution in [0.1, 0.15) is 35.7 Å². The van der Waals surface area contributed by atoms with Crippen LogP contribution in [-0.2, 0) is 21.3 Å². The molecule has 0 aromatic carbocycles. The molecule has 0 saturated carbocycles. The molecule has 2 rings (SSSR count). The first-order valence-corrected chi connectivity index (χ1v) is 5.73. The summed E-state index contributed by atoms with van der Waals surface area (Å²) in [5.74, 6) is -0.991. The fourth-order valence-electron chi connectivity index (χ4n) is 1.57. The Hall–Kier alpha value is -1.30. The molecule has 1 aromatic heterocycles. The number of aromatic carboxylic acids is 1. The van der Waals surface area contributed by atoms with Crippen LogP contribution in [-0.4, -0.2) is 25.3 Å². The number of fused-ring (bicyclic) bond motifs is 1. The monoisotopic (exact) mass is 226 g/mol. The van der Waals surface area contributed by atoms with Crippen molar-refractivity contribution in [2.75, 3.05) is 0 Å². The first-order chi connectivity index (χ1) is 6.93. The molecule has 2 heterocycles. The summed E-state index contributed by atoms with van der Waals surface area (Å²) in [5, 5.41) is 8.75. The first kappa shape index (κ1) is 10.2. The molecule has 1 aliphatic rings. The van der Waals surface area contributed by atoms with Crippen molar-refractivity contribution in [2.24, 2.45) is 0 Å². The lowest BCUT2D eigenvalue weighted by molar-refractivity contribution is 0.0683. The van der Waals surface area contributed by atoms with E-state index in [4.69, 9.17) is 5.11 Å². The van der Waals surface area contributed by atoms with Gasteiger partial charge in [0.25, 0.3) is 0 Å². The van der Waals surface area contributed by atoms with Gasteiger partial charge in [0, 0.05) is 22.6 Å². The summed E-state index contributed by atoms with van der Waals surface area (Å²) in [6.45, 7) is 3.60. The van der Waals surface area contributed by atoms with Crippen LogP contribution in [0.4, 0.5) is 0 Å². The molecule has 0 aliphatic carbocycles. The molecule has 0 amide bonds. The van der Waals surface area contributed by atoms with Crippen LogP contribution >= 0.6 is 0 Å². The maximum atomic E-state index is 11.7. The van der Waals surface area contributed by atoms with Crippen LogP contribution in [0.25, 0.3) is 0 Å². The van der Waals surface area contributed by atoms with Crippen molar-refractivity contribution in [2.45, 2.75) is 24.3 Å². The average Bonchev–Trinajstić information content (AvgIpc) is 2.38. The van der Waals surface area contributed by atoms with E-state index >= 15 is 0 Å². The number of carboxylic acid groups (broad SMARTS) is 1. The largest absolute Gasteiger partial charge is 0.475 e. The van der Waals surface area contributed by atoms with Crippen LogP contribution in [0, 0.1) is 0 Å². The van der Waals surface area contributed by atoms with E-state index in [-0.39, 0.29) is 5.82 Å². The number of hydrogen-bond donors (Lipinski definition) is 1. The van der Waals surface area contributed by atoms with E-state index in [0.717, 1.165) is 5.56 Å². The van der Waals surface area contributed by atoms with Gasteiger partial charge in [-0.25, -0.2) is 14.8 Å². The van der Waals surface area contributed by atoms with Crippen LogP contribution in [0.5, 0.6) is 0 Å². The van der Waals surface area contributed by atoms with E-state index in [1.165, 1.54) is 6.20 Å². The van der Waals surface area contributed by atoms with Crippen LogP contribution in [0.2, 0.25) is 0 Å². The average molecular weight is 226 g/mol. The molecular formula is C9H10N2O3S. The van der Waals surface area contributed by atoms with E-state index in [1.807, 2.05) is 0 Å². The quantitative estimate of drug-likeness (QED) is 0.761. The molecule has 1 atom stereocenters. The molecule has 1 aliphatic heterocycles. The lowest BCUT2D eigenvalue weighted by Crippen LogP contribution is -2.21. The molecule has 0 bridgehead atoms. The number of hydrogen-bond acceptors (Lipinski definition) is 4. The van der Waals surface area contributed by atoms with Crippen molar-refractivity contribution in [3.63, 3.8) is 0 Å². The summed E-state index contributed by atoms with van der Waals surface area (Å²) < 4.78 is 11.1. The minimum atomic E-state index is -1.16. The van der Waals surface area contributed by atoms with Gasteiger partial charge in [-0.15, -0.1) is 0 Å². The Bertz CT molecular complexity index is 470. The Morgan fingerprint density at radius 1 is 1.60 bits per heavy atom. The van der Waals surface area contributed by atoms with Crippen LogP contribution < -0.4 is 0 Å². The molecule has 1 N–H and O–H groups in total. The van der Waals surface area contributed by atoms with Crippen molar-refractivity contribution in [3.05, 3.63) is 23.3 Å². The highest BCUT2D eigenvalue weighted by Crippen LogP contribution is 2.36.